The van der Waals surface area contributed by atoms with Gasteiger partial charge in [-0.2, -0.15) is 0 Å². The van der Waals surface area contributed by atoms with E-state index in [1.54, 1.807) is 24.5 Å². The van der Waals surface area contributed by atoms with Crippen molar-refractivity contribution in [1.82, 2.24) is 9.97 Å². The first-order valence-electron chi connectivity index (χ1n) is 4.51. The van der Waals surface area contributed by atoms with Crippen LogP contribution < -0.4 is 5.32 Å². The molecule has 0 fully saturated rings. The van der Waals surface area contributed by atoms with Crippen LogP contribution >= 0.6 is 11.6 Å². The molecular weight excluding hydrogens is 214 g/mol. The van der Waals surface area contributed by atoms with Crippen molar-refractivity contribution < 1.29 is 4.42 Å². The molecular formula is C10H10ClN3O. The quantitative estimate of drug-likeness (QED) is 0.869. The van der Waals surface area contributed by atoms with Gasteiger partial charge in [-0.1, -0.05) is 11.6 Å². The number of anilines is 1. The Bertz CT molecular complexity index is 438. The molecule has 0 aliphatic carbocycles. The van der Waals surface area contributed by atoms with Crippen LogP contribution in [0.15, 0.2) is 28.9 Å². The largest absolute Gasteiger partial charge is 0.444 e. The predicted molar refractivity (Wildman–Crippen MR) is 57.8 cm³/mol. The van der Waals surface area contributed by atoms with Gasteiger partial charge in [-0.3, -0.25) is 0 Å². The number of nitrogens with zero attached hydrogens (tertiary/aromatic N) is 2. The maximum absolute atomic E-state index is 5.71. The normalized spacial score (nSPS) is 10.3. The van der Waals surface area contributed by atoms with Crippen LogP contribution in [0.1, 0.15) is 11.7 Å². The van der Waals surface area contributed by atoms with Gasteiger partial charge in [0.25, 0.3) is 0 Å². The van der Waals surface area contributed by atoms with Crippen molar-refractivity contribution in [3.63, 3.8) is 0 Å². The van der Waals surface area contributed by atoms with Gasteiger partial charge < -0.3 is 9.73 Å². The summed E-state index contributed by atoms with van der Waals surface area (Å²) in [6, 6.07) is 3.58. The minimum absolute atomic E-state index is 0.516. The van der Waals surface area contributed by atoms with Crippen molar-refractivity contribution in [3.8, 4) is 0 Å². The van der Waals surface area contributed by atoms with Crippen LogP contribution in [-0.4, -0.2) is 9.97 Å². The molecule has 2 aromatic rings. The van der Waals surface area contributed by atoms with Gasteiger partial charge in [-0.25, -0.2) is 9.97 Å². The van der Waals surface area contributed by atoms with Crippen LogP contribution in [0.25, 0.3) is 0 Å². The molecule has 0 unspecified atom stereocenters. The Kier molecular flexibility index (Phi) is 2.87. The molecule has 4 nitrogen and oxygen atoms in total. The highest BCUT2D eigenvalue weighted by Gasteiger charge is 2.00. The van der Waals surface area contributed by atoms with E-state index in [0.717, 1.165) is 11.6 Å². The lowest BCUT2D eigenvalue weighted by atomic mass is 10.4. The van der Waals surface area contributed by atoms with Crippen molar-refractivity contribution in [3.05, 3.63) is 41.2 Å². The highest BCUT2D eigenvalue weighted by Crippen LogP contribution is 2.10. The number of rotatable bonds is 3. The molecule has 0 aliphatic heterocycles. The summed E-state index contributed by atoms with van der Waals surface area (Å²) >= 11 is 5.71. The number of aryl methyl sites for hydroxylation is 1. The van der Waals surface area contributed by atoms with E-state index in [1.807, 2.05) is 6.92 Å². The highest BCUT2D eigenvalue weighted by molar-refractivity contribution is 6.30. The third kappa shape index (κ3) is 2.70. The third-order valence-electron chi connectivity index (χ3n) is 1.82. The van der Waals surface area contributed by atoms with Gasteiger partial charge in [0, 0.05) is 6.20 Å². The minimum atomic E-state index is 0.516. The van der Waals surface area contributed by atoms with Crippen molar-refractivity contribution in [1.29, 1.82) is 0 Å². The predicted octanol–water partition coefficient (Wildman–Crippen LogP) is 2.64. The molecule has 0 bridgehead atoms. The molecule has 2 heterocycles. The molecule has 2 aromatic heterocycles. The molecule has 0 radical (unpaired) electrons. The third-order valence-corrected chi connectivity index (χ3v) is 2.04. The molecule has 78 valence electrons. The molecule has 0 spiro atoms. The lowest BCUT2D eigenvalue weighted by Crippen LogP contribution is -2.00. The molecule has 15 heavy (non-hydrogen) atoms. The van der Waals surface area contributed by atoms with Gasteiger partial charge in [0.05, 0.1) is 17.8 Å². The van der Waals surface area contributed by atoms with E-state index in [4.69, 9.17) is 16.0 Å². The Morgan fingerprint density at radius 1 is 1.33 bits per heavy atom. The first kappa shape index (κ1) is 9.98. The molecule has 0 amide bonds. The van der Waals surface area contributed by atoms with E-state index in [1.165, 1.54) is 0 Å². The van der Waals surface area contributed by atoms with Crippen molar-refractivity contribution in [2.45, 2.75) is 13.5 Å². The number of halogens is 1. The van der Waals surface area contributed by atoms with Gasteiger partial charge in [0.2, 0.25) is 5.89 Å². The molecule has 2 rings (SSSR count). The molecule has 0 saturated heterocycles. The van der Waals surface area contributed by atoms with Gasteiger partial charge in [-0.05, 0) is 19.1 Å². The maximum Gasteiger partial charge on any atom is 0.213 e. The van der Waals surface area contributed by atoms with Crippen molar-refractivity contribution in [2.24, 2.45) is 0 Å². The minimum Gasteiger partial charge on any atom is -0.444 e. The van der Waals surface area contributed by atoms with Gasteiger partial charge in [-0.15, -0.1) is 0 Å². The number of nitrogens with one attached hydrogen (secondary N) is 1. The van der Waals surface area contributed by atoms with E-state index in [9.17, 15) is 0 Å². The van der Waals surface area contributed by atoms with E-state index < -0.39 is 0 Å². The molecule has 1 N–H and O–H groups in total. The zero-order valence-electron chi connectivity index (χ0n) is 8.20. The number of aromatic nitrogens is 2. The Morgan fingerprint density at radius 2 is 2.20 bits per heavy atom. The fourth-order valence-electron chi connectivity index (χ4n) is 1.13. The second-order valence-corrected chi connectivity index (χ2v) is 3.52. The lowest BCUT2D eigenvalue weighted by molar-refractivity contribution is 0.479. The summed E-state index contributed by atoms with van der Waals surface area (Å²) in [6.45, 7) is 2.37. The smallest absolute Gasteiger partial charge is 0.213 e. The summed E-state index contributed by atoms with van der Waals surface area (Å²) in [5, 5.41) is 3.69. The summed E-state index contributed by atoms with van der Waals surface area (Å²) in [5.74, 6) is 2.19. The topological polar surface area (TPSA) is 51.0 Å². The number of pyridine rings is 1. The number of hydrogen-bond donors (Lipinski definition) is 1. The van der Waals surface area contributed by atoms with E-state index in [0.29, 0.717) is 17.5 Å². The van der Waals surface area contributed by atoms with Gasteiger partial charge in [0.1, 0.15) is 11.6 Å². The van der Waals surface area contributed by atoms with Gasteiger partial charge in [0.15, 0.2) is 0 Å². The van der Waals surface area contributed by atoms with Crippen molar-refractivity contribution in [2.75, 3.05) is 5.32 Å². The van der Waals surface area contributed by atoms with Crippen LogP contribution in [-0.2, 0) is 6.54 Å². The zero-order valence-corrected chi connectivity index (χ0v) is 8.95. The van der Waals surface area contributed by atoms with Gasteiger partial charge >= 0.3 is 0 Å². The molecule has 0 aliphatic rings. The Balaban J connectivity index is 1.96. The molecule has 0 atom stereocenters. The Hall–Kier alpha value is -1.55. The number of oxazole rings is 1. The first-order valence-corrected chi connectivity index (χ1v) is 4.88. The second kappa shape index (κ2) is 4.31. The fourth-order valence-corrected chi connectivity index (χ4v) is 1.24. The molecule has 0 saturated carbocycles. The van der Waals surface area contributed by atoms with Crippen LogP contribution in [0, 0.1) is 6.92 Å². The molecule has 5 heteroatoms. The van der Waals surface area contributed by atoms with E-state index in [-0.39, 0.29) is 0 Å². The molecule has 0 aromatic carbocycles. The van der Waals surface area contributed by atoms with Crippen LogP contribution in [0.2, 0.25) is 5.02 Å². The number of hydrogen-bond acceptors (Lipinski definition) is 4. The monoisotopic (exact) mass is 223 g/mol. The fraction of sp³-hybridized carbons (Fsp3) is 0.200. The van der Waals surface area contributed by atoms with Crippen LogP contribution in [0.4, 0.5) is 5.82 Å². The summed E-state index contributed by atoms with van der Waals surface area (Å²) in [6.07, 6.45) is 3.27. The summed E-state index contributed by atoms with van der Waals surface area (Å²) in [7, 11) is 0. The standard InChI is InChI=1S/C10H10ClN3O/c1-7-4-14-10(15-7)6-13-9-3-2-8(11)5-12-9/h2-5H,6H2,1H3,(H,12,13). The Labute approximate surface area is 92.3 Å². The zero-order chi connectivity index (χ0) is 10.7. The summed E-state index contributed by atoms with van der Waals surface area (Å²) in [5.41, 5.74) is 0. The highest BCUT2D eigenvalue weighted by atomic mass is 35.5. The SMILES string of the molecule is Cc1cnc(CNc2ccc(Cl)cn2)o1. The Morgan fingerprint density at radius 3 is 2.80 bits per heavy atom. The van der Waals surface area contributed by atoms with E-state index in [2.05, 4.69) is 15.3 Å². The first-order chi connectivity index (χ1) is 7.24. The average molecular weight is 224 g/mol. The maximum atomic E-state index is 5.71. The lowest BCUT2D eigenvalue weighted by Gasteiger charge is -2.01. The van der Waals surface area contributed by atoms with E-state index >= 15 is 0 Å². The summed E-state index contributed by atoms with van der Waals surface area (Å²) < 4.78 is 5.30. The van der Waals surface area contributed by atoms with Crippen molar-refractivity contribution >= 4 is 17.4 Å². The van der Waals surface area contributed by atoms with Crippen LogP contribution in [0.5, 0.6) is 0 Å². The second-order valence-electron chi connectivity index (χ2n) is 3.08. The van der Waals surface area contributed by atoms with Crippen LogP contribution in [0.3, 0.4) is 0 Å². The summed E-state index contributed by atoms with van der Waals surface area (Å²) in [4.78, 5) is 8.15. The average Bonchev–Trinajstić information content (AvgIpc) is 2.64.